The van der Waals surface area contributed by atoms with Crippen LogP contribution in [0.25, 0.3) is 0 Å². The second-order valence-corrected chi connectivity index (χ2v) is 7.25. The van der Waals surface area contributed by atoms with Crippen molar-refractivity contribution >= 4 is 6.09 Å². The number of nitrogens with one attached hydrogen (secondary N) is 1. The Bertz CT molecular complexity index is 589. The van der Waals surface area contributed by atoms with Crippen molar-refractivity contribution in [3.8, 4) is 5.88 Å². The molecule has 0 aliphatic carbocycles. The number of piperidine rings is 1. The maximum absolute atomic E-state index is 12.2. The van der Waals surface area contributed by atoms with Crippen LogP contribution in [0.5, 0.6) is 5.88 Å². The molecule has 1 amide bonds. The number of hydrogen-bond acceptors (Lipinski definition) is 5. The maximum atomic E-state index is 12.2. The Kier molecular flexibility index (Phi) is 3.96. The zero-order valence-electron chi connectivity index (χ0n) is 14.3. The van der Waals surface area contributed by atoms with Gasteiger partial charge in [-0.15, -0.1) is 0 Å². The first-order valence-corrected chi connectivity index (χ1v) is 8.14. The summed E-state index contributed by atoms with van der Waals surface area (Å²) >= 11 is 0. The van der Waals surface area contributed by atoms with E-state index in [1.165, 1.54) is 0 Å². The molecule has 6 heteroatoms. The lowest BCUT2D eigenvalue weighted by molar-refractivity contribution is -0.0237. The van der Waals surface area contributed by atoms with Crippen LogP contribution in [0, 0.1) is 0 Å². The average Bonchev–Trinajstić information content (AvgIpc) is 2.78. The fourth-order valence-electron chi connectivity index (χ4n) is 3.45. The molecule has 1 atom stereocenters. The maximum Gasteiger partial charge on any atom is 0.410 e. The summed E-state index contributed by atoms with van der Waals surface area (Å²) in [4.78, 5) is 18.3. The molecule has 6 nitrogen and oxygen atoms in total. The number of ether oxygens (including phenoxy) is 2. The fourth-order valence-corrected chi connectivity index (χ4v) is 3.45. The van der Waals surface area contributed by atoms with Gasteiger partial charge in [0.25, 0.3) is 0 Å². The molecule has 23 heavy (non-hydrogen) atoms. The topological polar surface area (TPSA) is 63.7 Å². The fraction of sp³-hybridized carbons (Fsp3) is 0.647. The zero-order valence-corrected chi connectivity index (χ0v) is 14.3. The lowest BCUT2D eigenvalue weighted by atomic mass is 9.83. The molecule has 3 heterocycles. The molecule has 0 radical (unpaired) electrons. The first-order chi connectivity index (χ1) is 10.8. The number of carbonyl (C=O) groups excluding carboxylic acids is 1. The number of rotatable bonds is 1. The van der Waals surface area contributed by atoms with Crippen molar-refractivity contribution in [1.29, 1.82) is 0 Å². The van der Waals surface area contributed by atoms with Crippen LogP contribution in [-0.4, -0.2) is 47.3 Å². The van der Waals surface area contributed by atoms with E-state index >= 15 is 0 Å². The van der Waals surface area contributed by atoms with Gasteiger partial charge < -0.3 is 19.7 Å². The van der Waals surface area contributed by atoms with Gasteiger partial charge in [0.05, 0.1) is 6.04 Å². The van der Waals surface area contributed by atoms with E-state index in [-0.39, 0.29) is 17.7 Å². The minimum absolute atomic E-state index is 0.104. The van der Waals surface area contributed by atoms with Gasteiger partial charge >= 0.3 is 6.09 Å². The highest BCUT2D eigenvalue weighted by atomic mass is 16.6. The lowest BCUT2D eigenvalue weighted by Crippen LogP contribution is -2.53. The summed E-state index contributed by atoms with van der Waals surface area (Å²) in [5.41, 5.74) is 0.300. The summed E-state index contributed by atoms with van der Waals surface area (Å²) < 4.78 is 11.7. The zero-order chi connectivity index (χ0) is 16.7. The van der Waals surface area contributed by atoms with Crippen LogP contribution in [-0.2, 0) is 4.74 Å². The Hall–Kier alpha value is -1.82. The average molecular weight is 319 g/mol. The highest BCUT2D eigenvalue weighted by Crippen LogP contribution is 2.47. The Morgan fingerprint density at radius 2 is 2.13 bits per heavy atom. The molecule has 2 aliphatic heterocycles. The van der Waals surface area contributed by atoms with E-state index in [0.29, 0.717) is 19.0 Å². The molecule has 1 unspecified atom stereocenters. The molecule has 1 aromatic rings. The van der Waals surface area contributed by atoms with E-state index in [4.69, 9.17) is 9.47 Å². The number of likely N-dealkylation sites (N-methyl/N-ethyl adjacent to an activating group) is 1. The van der Waals surface area contributed by atoms with Crippen LogP contribution in [0.4, 0.5) is 4.79 Å². The van der Waals surface area contributed by atoms with Gasteiger partial charge in [-0.1, -0.05) is 6.07 Å². The largest absolute Gasteiger partial charge is 0.469 e. The smallest absolute Gasteiger partial charge is 0.410 e. The van der Waals surface area contributed by atoms with Gasteiger partial charge in [0.2, 0.25) is 5.88 Å². The normalized spacial score (nSPS) is 22.6. The monoisotopic (exact) mass is 319 g/mol. The Balaban J connectivity index is 1.70. The second kappa shape index (κ2) is 5.67. The third-order valence-corrected chi connectivity index (χ3v) is 4.49. The van der Waals surface area contributed by atoms with Crippen molar-refractivity contribution in [2.75, 3.05) is 20.1 Å². The molecular weight excluding hydrogens is 294 g/mol. The van der Waals surface area contributed by atoms with Gasteiger partial charge in [-0.3, -0.25) is 0 Å². The minimum atomic E-state index is -0.469. The van der Waals surface area contributed by atoms with E-state index in [1.54, 1.807) is 11.1 Å². The van der Waals surface area contributed by atoms with E-state index in [0.717, 1.165) is 18.4 Å². The van der Waals surface area contributed by atoms with Crippen molar-refractivity contribution in [2.24, 2.45) is 0 Å². The molecule has 0 bridgehead atoms. The van der Waals surface area contributed by atoms with Gasteiger partial charge in [-0.2, -0.15) is 0 Å². The number of fused-ring (bicyclic) bond motifs is 1. The van der Waals surface area contributed by atoms with Crippen LogP contribution in [0.3, 0.4) is 0 Å². The van der Waals surface area contributed by atoms with Crippen LogP contribution in [0.1, 0.15) is 45.2 Å². The van der Waals surface area contributed by atoms with E-state index in [2.05, 4.69) is 16.4 Å². The number of hydrogen-bond donors (Lipinski definition) is 1. The summed E-state index contributed by atoms with van der Waals surface area (Å²) in [6, 6.07) is 4.09. The first kappa shape index (κ1) is 16.1. The minimum Gasteiger partial charge on any atom is -0.469 e. The van der Waals surface area contributed by atoms with Crippen molar-refractivity contribution in [2.45, 2.75) is 50.9 Å². The number of amides is 1. The molecule has 1 fully saturated rings. The molecule has 2 aliphatic rings. The van der Waals surface area contributed by atoms with E-state index in [9.17, 15) is 4.79 Å². The summed E-state index contributed by atoms with van der Waals surface area (Å²) in [7, 11) is 1.94. The van der Waals surface area contributed by atoms with Crippen LogP contribution < -0.4 is 10.1 Å². The molecule has 3 rings (SSSR count). The molecule has 1 saturated heterocycles. The van der Waals surface area contributed by atoms with Gasteiger partial charge in [0.1, 0.15) is 11.2 Å². The molecule has 1 aromatic heterocycles. The van der Waals surface area contributed by atoms with Crippen LogP contribution >= 0.6 is 0 Å². The van der Waals surface area contributed by atoms with Crippen molar-refractivity contribution in [3.63, 3.8) is 0 Å². The summed E-state index contributed by atoms with van der Waals surface area (Å²) in [5, 5.41) is 3.36. The quantitative estimate of drug-likeness (QED) is 0.861. The summed E-state index contributed by atoms with van der Waals surface area (Å²) in [6.45, 7) is 6.91. The Morgan fingerprint density at radius 3 is 2.74 bits per heavy atom. The van der Waals surface area contributed by atoms with Gasteiger partial charge in [0.15, 0.2) is 0 Å². The van der Waals surface area contributed by atoms with E-state index in [1.807, 2.05) is 33.9 Å². The lowest BCUT2D eigenvalue weighted by Gasteiger charge is -2.41. The number of likely N-dealkylation sites (tertiary alicyclic amines) is 1. The molecule has 0 saturated carbocycles. The summed E-state index contributed by atoms with van der Waals surface area (Å²) in [5.74, 6) is 0.706. The molecule has 126 valence electrons. The predicted molar refractivity (Wildman–Crippen MR) is 86.4 cm³/mol. The third kappa shape index (κ3) is 3.00. The van der Waals surface area contributed by atoms with Crippen molar-refractivity contribution in [3.05, 3.63) is 23.9 Å². The predicted octanol–water partition coefficient (Wildman–Crippen LogP) is 2.50. The first-order valence-electron chi connectivity index (χ1n) is 8.14. The van der Waals surface area contributed by atoms with Crippen LogP contribution in [0.15, 0.2) is 18.3 Å². The molecule has 1 spiro atoms. The summed E-state index contributed by atoms with van der Waals surface area (Å²) in [6.07, 6.45) is 3.02. The van der Waals surface area contributed by atoms with Gasteiger partial charge in [0, 0.05) is 37.7 Å². The number of pyridine rings is 1. The highest BCUT2D eigenvalue weighted by molar-refractivity contribution is 5.68. The molecule has 1 N–H and O–H groups in total. The Labute approximate surface area is 137 Å². The third-order valence-electron chi connectivity index (χ3n) is 4.49. The SMILES string of the molecule is CNC1c2cccnc2OC12CCN(C(=O)OC(C)(C)C)CC2. The van der Waals surface area contributed by atoms with Gasteiger partial charge in [-0.05, 0) is 33.9 Å². The molecule has 0 aromatic carbocycles. The molecular formula is C17H25N3O3. The second-order valence-electron chi connectivity index (χ2n) is 7.25. The Morgan fingerprint density at radius 1 is 1.43 bits per heavy atom. The number of aromatic nitrogens is 1. The van der Waals surface area contributed by atoms with E-state index < -0.39 is 5.60 Å². The number of nitrogens with zero attached hydrogens (tertiary/aromatic N) is 2. The van der Waals surface area contributed by atoms with Crippen molar-refractivity contribution in [1.82, 2.24) is 15.2 Å². The van der Waals surface area contributed by atoms with Gasteiger partial charge in [-0.25, -0.2) is 9.78 Å². The van der Waals surface area contributed by atoms with Crippen LogP contribution in [0.2, 0.25) is 0 Å². The van der Waals surface area contributed by atoms with Crippen molar-refractivity contribution < 1.29 is 14.3 Å². The number of carbonyl (C=O) groups is 1. The standard InChI is InChI=1S/C17H25N3O3/c1-16(2,3)23-15(21)20-10-7-17(8-11-20)13(18-4)12-6-5-9-19-14(12)22-17/h5-6,9,13,18H,7-8,10-11H2,1-4H3. The highest BCUT2D eigenvalue weighted by Gasteiger charge is 2.50.